The number of unbranched alkanes of at least 4 members (excludes halogenated alkanes) is 2. The topological polar surface area (TPSA) is 261 Å². The van der Waals surface area contributed by atoms with E-state index in [1.807, 2.05) is 0 Å². The van der Waals surface area contributed by atoms with Crippen LogP contribution >= 0.6 is 0 Å². The predicted molar refractivity (Wildman–Crippen MR) is 182 cm³/mol. The van der Waals surface area contributed by atoms with Crippen LogP contribution in [0.1, 0.15) is 64.8 Å². The van der Waals surface area contributed by atoms with Crippen LogP contribution < -0.4 is 27.0 Å². The molecule has 0 aliphatic carbocycles. The summed E-state index contributed by atoms with van der Waals surface area (Å²) < 4.78 is 0. The molecular formula is C35H43N5O10. The van der Waals surface area contributed by atoms with Gasteiger partial charge in [-0.3, -0.25) is 19.2 Å². The minimum Gasteiger partial charge on any atom is -0.504 e. The highest BCUT2D eigenvalue weighted by atomic mass is 16.4. The largest absolute Gasteiger partial charge is 0.504 e. The van der Waals surface area contributed by atoms with Crippen molar-refractivity contribution >= 4 is 29.6 Å². The number of phenols is 4. The normalized spacial score (nSPS) is 12.6. The molecule has 268 valence electrons. The molecular weight excluding hydrogens is 650 g/mol. The van der Waals surface area contributed by atoms with Crippen molar-refractivity contribution in [3.63, 3.8) is 0 Å². The number of rotatable bonds is 19. The van der Waals surface area contributed by atoms with Crippen molar-refractivity contribution in [3.05, 3.63) is 83.4 Å². The van der Waals surface area contributed by atoms with Crippen molar-refractivity contribution in [2.45, 2.75) is 63.1 Å². The molecule has 3 aromatic rings. The number of carboxylic acid groups (broad SMARTS) is 1. The summed E-state index contributed by atoms with van der Waals surface area (Å²) in [7, 11) is 0. The van der Waals surface area contributed by atoms with Crippen LogP contribution in [-0.2, 0) is 20.8 Å². The number of phenolic OH excluding ortho intramolecular Hbond substituents is 4. The summed E-state index contributed by atoms with van der Waals surface area (Å²) >= 11 is 0. The average Bonchev–Trinajstić information content (AvgIpc) is 3.09. The van der Waals surface area contributed by atoms with Crippen LogP contribution in [0, 0.1) is 0 Å². The molecule has 15 heteroatoms. The summed E-state index contributed by atoms with van der Waals surface area (Å²) in [6.07, 6.45) is 1.83. The van der Waals surface area contributed by atoms with Gasteiger partial charge in [0.1, 0.15) is 12.1 Å². The van der Waals surface area contributed by atoms with E-state index in [-0.39, 0.29) is 43.5 Å². The number of amides is 4. The number of para-hydroxylation sites is 2. The SMILES string of the molecule is N[C@H](CCCCNC(=O)c1cccc(O)c1O)C(=O)N[C@@H](CCCCNC(=O)c1cccc(O)c1O)C(=O)N[C@@H](Cc1ccccc1)C(=O)O. The van der Waals surface area contributed by atoms with Gasteiger partial charge in [-0.25, -0.2) is 4.79 Å². The number of carboxylic acids is 1. The molecule has 0 spiro atoms. The first kappa shape index (κ1) is 38.6. The van der Waals surface area contributed by atoms with Gasteiger partial charge in [0.15, 0.2) is 23.0 Å². The molecule has 0 fully saturated rings. The maximum atomic E-state index is 13.3. The smallest absolute Gasteiger partial charge is 0.326 e. The molecule has 3 aromatic carbocycles. The van der Waals surface area contributed by atoms with Crippen LogP contribution in [-0.4, -0.2) is 86.3 Å². The summed E-state index contributed by atoms with van der Waals surface area (Å²) in [6, 6.07) is 13.3. The van der Waals surface area contributed by atoms with E-state index in [4.69, 9.17) is 5.73 Å². The lowest BCUT2D eigenvalue weighted by Crippen LogP contribution is -2.54. The number of nitrogens with one attached hydrogen (secondary N) is 4. The Hall–Kier alpha value is -5.83. The lowest BCUT2D eigenvalue weighted by molar-refractivity contribution is -0.142. The second-order valence-corrected chi connectivity index (χ2v) is 11.6. The van der Waals surface area contributed by atoms with Crippen LogP contribution in [0.2, 0.25) is 0 Å². The highest BCUT2D eigenvalue weighted by Crippen LogP contribution is 2.28. The van der Waals surface area contributed by atoms with E-state index < -0.39 is 70.7 Å². The molecule has 0 radical (unpaired) electrons. The molecule has 15 nitrogen and oxygen atoms in total. The van der Waals surface area contributed by atoms with Crippen molar-refractivity contribution in [1.82, 2.24) is 21.3 Å². The Morgan fingerprint density at radius 1 is 0.600 bits per heavy atom. The highest BCUT2D eigenvalue weighted by Gasteiger charge is 2.28. The molecule has 3 atom stereocenters. The standard InChI is InChI=1S/C35H43N5O10/c36-24(14-4-6-18-37-31(45)22-12-8-16-27(41)29(22)43)33(47)39-25(34(48)40-26(35(49)50)20-21-10-2-1-3-11-21)15-5-7-19-38-32(46)23-13-9-17-28(42)30(23)44/h1-3,8-13,16-17,24-26,41-44H,4-7,14-15,18-20,36H2,(H,37,45)(H,38,46)(H,39,47)(H,40,48)(H,49,50)/t24-,25+,26+/m1/s1. The molecule has 4 amide bonds. The minimum absolute atomic E-state index is 0.0115. The van der Waals surface area contributed by atoms with E-state index in [1.54, 1.807) is 30.3 Å². The molecule has 0 bridgehead atoms. The molecule has 0 heterocycles. The Labute approximate surface area is 288 Å². The fraction of sp³-hybridized carbons (Fsp3) is 0.343. The number of aromatic hydroxyl groups is 4. The molecule has 0 aromatic heterocycles. The fourth-order valence-electron chi connectivity index (χ4n) is 4.99. The summed E-state index contributed by atoms with van der Waals surface area (Å²) in [4.78, 5) is 63.1. The van der Waals surface area contributed by atoms with Crippen LogP contribution in [0.25, 0.3) is 0 Å². The third kappa shape index (κ3) is 11.7. The van der Waals surface area contributed by atoms with Crippen molar-refractivity contribution in [2.24, 2.45) is 5.73 Å². The zero-order valence-corrected chi connectivity index (χ0v) is 27.3. The van der Waals surface area contributed by atoms with Crippen molar-refractivity contribution in [1.29, 1.82) is 0 Å². The number of benzene rings is 3. The van der Waals surface area contributed by atoms with Crippen molar-refractivity contribution in [2.75, 3.05) is 13.1 Å². The fourth-order valence-corrected chi connectivity index (χ4v) is 4.99. The van der Waals surface area contributed by atoms with Crippen molar-refractivity contribution < 1.29 is 49.5 Å². The molecule has 3 rings (SSSR count). The van der Waals surface area contributed by atoms with Gasteiger partial charge in [0, 0.05) is 19.5 Å². The minimum atomic E-state index is -1.27. The Kier molecular flexibility index (Phi) is 14.9. The summed E-state index contributed by atoms with van der Waals surface area (Å²) in [6.45, 7) is 0.343. The Bertz CT molecular complexity index is 1640. The third-order valence-corrected chi connectivity index (χ3v) is 7.82. The van der Waals surface area contributed by atoms with Gasteiger partial charge in [0.2, 0.25) is 11.8 Å². The van der Waals surface area contributed by atoms with E-state index in [9.17, 15) is 49.5 Å². The van der Waals surface area contributed by atoms with Gasteiger partial charge in [0.25, 0.3) is 11.8 Å². The zero-order valence-electron chi connectivity index (χ0n) is 27.3. The number of carbonyl (C=O) groups excluding carboxylic acids is 4. The van der Waals surface area contributed by atoms with E-state index in [0.717, 1.165) is 0 Å². The summed E-state index contributed by atoms with van der Waals surface area (Å²) in [5.41, 5.74) is 6.59. The van der Waals surface area contributed by atoms with E-state index >= 15 is 0 Å². The molecule has 0 unspecified atom stereocenters. The van der Waals surface area contributed by atoms with Crippen LogP contribution in [0.3, 0.4) is 0 Å². The quantitative estimate of drug-likeness (QED) is 0.0637. The first-order valence-corrected chi connectivity index (χ1v) is 16.1. The molecule has 0 aliphatic rings. The Balaban J connectivity index is 1.54. The highest BCUT2D eigenvalue weighted by molar-refractivity contribution is 5.98. The maximum absolute atomic E-state index is 13.3. The van der Waals surface area contributed by atoms with Gasteiger partial charge in [-0.15, -0.1) is 0 Å². The number of aliphatic carboxylic acids is 1. The monoisotopic (exact) mass is 693 g/mol. The van der Waals surface area contributed by atoms with Gasteiger partial charge in [-0.05, 0) is 68.4 Å². The van der Waals surface area contributed by atoms with Gasteiger partial charge >= 0.3 is 5.97 Å². The van der Waals surface area contributed by atoms with Crippen LogP contribution in [0.15, 0.2) is 66.7 Å². The second kappa shape index (κ2) is 19.2. The molecule has 0 aliphatic heterocycles. The van der Waals surface area contributed by atoms with Crippen molar-refractivity contribution in [3.8, 4) is 23.0 Å². The number of hydrogen-bond donors (Lipinski definition) is 10. The number of nitrogens with two attached hydrogens (primary N) is 1. The van der Waals surface area contributed by atoms with Gasteiger partial charge in [-0.2, -0.15) is 0 Å². The lowest BCUT2D eigenvalue weighted by atomic mass is 10.0. The lowest BCUT2D eigenvalue weighted by Gasteiger charge is -2.23. The van der Waals surface area contributed by atoms with E-state index in [1.165, 1.54) is 36.4 Å². The molecule has 0 saturated heterocycles. The molecule has 11 N–H and O–H groups in total. The number of hydrogen-bond acceptors (Lipinski definition) is 10. The summed E-state index contributed by atoms with van der Waals surface area (Å²) in [5, 5.41) is 59.1. The average molecular weight is 694 g/mol. The van der Waals surface area contributed by atoms with E-state index in [0.29, 0.717) is 31.2 Å². The third-order valence-electron chi connectivity index (χ3n) is 7.82. The first-order chi connectivity index (χ1) is 23.9. The first-order valence-electron chi connectivity index (χ1n) is 16.1. The molecule has 50 heavy (non-hydrogen) atoms. The van der Waals surface area contributed by atoms with Crippen LogP contribution in [0.4, 0.5) is 0 Å². The Morgan fingerprint density at radius 2 is 1.10 bits per heavy atom. The van der Waals surface area contributed by atoms with E-state index in [2.05, 4.69) is 21.3 Å². The zero-order chi connectivity index (χ0) is 36.6. The number of carbonyl (C=O) groups is 5. The molecule has 0 saturated carbocycles. The summed E-state index contributed by atoms with van der Waals surface area (Å²) in [5.74, 6) is -5.76. The maximum Gasteiger partial charge on any atom is 0.326 e. The predicted octanol–water partition coefficient (Wildman–Crippen LogP) is 1.63. The van der Waals surface area contributed by atoms with Gasteiger partial charge in [-0.1, -0.05) is 42.5 Å². The second-order valence-electron chi connectivity index (χ2n) is 11.6. The van der Waals surface area contributed by atoms with Crippen LogP contribution in [0.5, 0.6) is 23.0 Å². The van der Waals surface area contributed by atoms with Gasteiger partial charge < -0.3 is 52.5 Å². The van der Waals surface area contributed by atoms with Gasteiger partial charge in [0.05, 0.1) is 17.2 Å². The Morgan fingerprint density at radius 3 is 1.62 bits per heavy atom.